The Morgan fingerprint density at radius 3 is 2.30 bits per heavy atom. The van der Waals surface area contributed by atoms with Crippen molar-refractivity contribution in [1.82, 2.24) is 4.90 Å². The van der Waals surface area contributed by atoms with Crippen LogP contribution >= 0.6 is 11.6 Å². The zero-order chi connectivity index (χ0) is 14.6. The Labute approximate surface area is 126 Å². The highest BCUT2D eigenvalue weighted by Gasteiger charge is 2.27. The molecule has 1 aromatic rings. The molecule has 0 spiro atoms. The lowest BCUT2D eigenvalue weighted by atomic mass is 9.88. The van der Waals surface area contributed by atoms with Crippen LogP contribution in [0.2, 0.25) is 5.02 Å². The molecule has 20 heavy (non-hydrogen) atoms. The smallest absolute Gasteiger partial charge is 0.127 e. The van der Waals surface area contributed by atoms with Crippen LogP contribution in [0.4, 0.5) is 5.69 Å². The lowest BCUT2D eigenvalue weighted by molar-refractivity contribution is -0.116. The molecule has 0 amide bonds. The molecule has 110 valence electrons. The zero-order valence-corrected chi connectivity index (χ0v) is 13.1. The van der Waals surface area contributed by atoms with E-state index in [0.29, 0.717) is 0 Å². The second-order valence-corrected chi connectivity index (χ2v) is 6.30. The van der Waals surface area contributed by atoms with Gasteiger partial charge in [0, 0.05) is 48.8 Å². The molecule has 1 aliphatic rings. The number of carbonyl (C=O) groups excluding carboxylic acids is 1. The number of carbonyl (C=O) groups is 1. The molecule has 2 rings (SSSR count). The van der Waals surface area contributed by atoms with Crippen LogP contribution in [0.25, 0.3) is 0 Å². The van der Waals surface area contributed by atoms with Crippen LogP contribution in [0.15, 0.2) is 24.3 Å². The van der Waals surface area contributed by atoms with Gasteiger partial charge in [-0.25, -0.2) is 0 Å². The van der Waals surface area contributed by atoms with Gasteiger partial charge < -0.3 is 9.69 Å². The van der Waals surface area contributed by atoms with Gasteiger partial charge in [-0.05, 0) is 30.7 Å². The summed E-state index contributed by atoms with van der Waals surface area (Å²) in [7, 11) is 0. The van der Waals surface area contributed by atoms with Gasteiger partial charge in [-0.3, -0.25) is 4.90 Å². The Hall–Kier alpha value is -1.06. The quantitative estimate of drug-likeness (QED) is 0.780. The van der Waals surface area contributed by atoms with E-state index in [0.717, 1.165) is 50.5 Å². The van der Waals surface area contributed by atoms with Crippen molar-refractivity contribution in [3.05, 3.63) is 29.3 Å². The number of rotatable bonds is 5. The maximum atomic E-state index is 11.2. The van der Waals surface area contributed by atoms with Crippen molar-refractivity contribution in [2.45, 2.75) is 20.3 Å². The van der Waals surface area contributed by atoms with E-state index in [1.165, 1.54) is 5.69 Å². The molecule has 1 aromatic carbocycles. The van der Waals surface area contributed by atoms with Gasteiger partial charge in [0.2, 0.25) is 0 Å². The molecule has 0 saturated carbocycles. The maximum Gasteiger partial charge on any atom is 0.127 e. The fourth-order valence-corrected chi connectivity index (χ4v) is 2.69. The molecule has 0 aromatic heterocycles. The summed E-state index contributed by atoms with van der Waals surface area (Å²) in [5, 5.41) is 0.775. The van der Waals surface area contributed by atoms with E-state index in [-0.39, 0.29) is 5.41 Å². The molecule has 0 aliphatic carbocycles. The van der Waals surface area contributed by atoms with E-state index >= 15 is 0 Å². The molecule has 0 radical (unpaired) electrons. The van der Waals surface area contributed by atoms with Gasteiger partial charge >= 0.3 is 0 Å². The number of benzene rings is 1. The standard InChI is InChI=1S/C16H23ClN2O/c1-3-16(2,13-20)12-18-8-10-19(11-9-18)15-6-4-14(17)5-7-15/h4-7,13H,3,8-12H2,1-2H3. The molecule has 1 atom stereocenters. The molecule has 1 fully saturated rings. The summed E-state index contributed by atoms with van der Waals surface area (Å²) < 4.78 is 0. The Morgan fingerprint density at radius 1 is 1.20 bits per heavy atom. The Kier molecular flexibility index (Phi) is 5.06. The number of nitrogens with zero attached hydrogens (tertiary/aromatic N) is 2. The van der Waals surface area contributed by atoms with E-state index in [1.807, 2.05) is 19.1 Å². The van der Waals surface area contributed by atoms with E-state index in [4.69, 9.17) is 11.6 Å². The Balaban J connectivity index is 1.89. The van der Waals surface area contributed by atoms with Crippen LogP contribution in [0.3, 0.4) is 0 Å². The molecule has 1 heterocycles. The van der Waals surface area contributed by atoms with E-state index in [1.54, 1.807) is 0 Å². The van der Waals surface area contributed by atoms with Crippen molar-refractivity contribution in [2.75, 3.05) is 37.6 Å². The lowest BCUT2D eigenvalue weighted by Gasteiger charge is -2.39. The van der Waals surface area contributed by atoms with Crippen LogP contribution in [-0.4, -0.2) is 43.9 Å². The third-order valence-electron chi connectivity index (χ3n) is 4.24. The molecule has 0 bridgehead atoms. The molecule has 1 aliphatic heterocycles. The van der Waals surface area contributed by atoms with Crippen molar-refractivity contribution in [3.63, 3.8) is 0 Å². The van der Waals surface area contributed by atoms with Crippen molar-refractivity contribution >= 4 is 23.6 Å². The third kappa shape index (κ3) is 3.74. The SMILES string of the molecule is CCC(C)(C=O)CN1CCN(c2ccc(Cl)cc2)CC1. The van der Waals surface area contributed by atoms with Gasteiger partial charge in [0.05, 0.1) is 0 Å². The van der Waals surface area contributed by atoms with Gasteiger partial charge in [-0.15, -0.1) is 0 Å². The highest BCUT2D eigenvalue weighted by atomic mass is 35.5. The average molecular weight is 295 g/mol. The number of halogens is 1. The number of hydrogen-bond acceptors (Lipinski definition) is 3. The molecule has 3 nitrogen and oxygen atoms in total. The zero-order valence-electron chi connectivity index (χ0n) is 12.3. The van der Waals surface area contributed by atoms with Gasteiger partial charge in [0.25, 0.3) is 0 Å². The van der Waals surface area contributed by atoms with Crippen LogP contribution in [0, 0.1) is 5.41 Å². The van der Waals surface area contributed by atoms with Crippen LogP contribution in [0.1, 0.15) is 20.3 Å². The molecular weight excluding hydrogens is 272 g/mol. The van der Waals surface area contributed by atoms with Gasteiger partial charge in [-0.2, -0.15) is 0 Å². The van der Waals surface area contributed by atoms with Crippen molar-refractivity contribution < 1.29 is 4.79 Å². The summed E-state index contributed by atoms with van der Waals surface area (Å²) in [6, 6.07) is 8.01. The molecule has 1 saturated heterocycles. The van der Waals surface area contributed by atoms with Crippen molar-refractivity contribution in [3.8, 4) is 0 Å². The second-order valence-electron chi connectivity index (χ2n) is 5.87. The van der Waals surface area contributed by atoms with Crippen LogP contribution in [-0.2, 0) is 4.79 Å². The van der Waals surface area contributed by atoms with E-state index in [2.05, 4.69) is 28.9 Å². The Bertz CT molecular complexity index is 440. The minimum atomic E-state index is -0.206. The topological polar surface area (TPSA) is 23.6 Å². The predicted octanol–water partition coefficient (Wildman–Crippen LogP) is 3.08. The summed E-state index contributed by atoms with van der Waals surface area (Å²) in [5.74, 6) is 0. The monoisotopic (exact) mass is 294 g/mol. The summed E-state index contributed by atoms with van der Waals surface area (Å²) >= 11 is 5.92. The van der Waals surface area contributed by atoms with Gasteiger partial charge in [0.15, 0.2) is 0 Å². The van der Waals surface area contributed by atoms with Crippen LogP contribution < -0.4 is 4.90 Å². The molecule has 4 heteroatoms. The van der Waals surface area contributed by atoms with E-state index in [9.17, 15) is 4.79 Å². The summed E-state index contributed by atoms with van der Waals surface area (Å²) in [5.41, 5.74) is 1.02. The Morgan fingerprint density at radius 2 is 1.80 bits per heavy atom. The first kappa shape index (κ1) is 15.3. The molecular formula is C16H23ClN2O. The van der Waals surface area contributed by atoms with E-state index < -0.39 is 0 Å². The minimum Gasteiger partial charge on any atom is -0.369 e. The van der Waals surface area contributed by atoms with Crippen LogP contribution in [0.5, 0.6) is 0 Å². The highest BCUT2D eigenvalue weighted by molar-refractivity contribution is 6.30. The minimum absolute atomic E-state index is 0.206. The third-order valence-corrected chi connectivity index (χ3v) is 4.49. The number of aldehydes is 1. The normalized spacial score (nSPS) is 19.6. The molecule has 0 N–H and O–H groups in total. The maximum absolute atomic E-state index is 11.2. The fraction of sp³-hybridized carbons (Fsp3) is 0.562. The average Bonchev–Trinajstić information content (AvgIpc) is 2.49. The first-order valence-corrected chi connectivity index (χ1v) is 7.63. The number of anilines is 1. The van der Waals surface area contributed by atoms with Crippen molar-refractivity contribution in [1.29, 1.82) is 0 Å². The number of piperazine rings is 1. The summed E-state index contributed by atoms with van der Waals surface area (Å²) in [4.78, 5) is 16.0. The lowest BCUT2D eigenvalue weighted by Crippen LogP contribution is -2.49. The fourth-order valence-electron chi connectivity index (χ4n) is 2.56. The first-order valence-electron chi connectivity index (χ1n) is 7.25. The first-order chi connectivity index (χ1) is 9.56. The molecule has 1 unspecified atom stereocenters. The largest absolute Gasteiger partial charge is 0.369 e. The van der Waals surface area contributed by atoms with Gasteiger partial charge in [-0.1, -0.05) is 25.4 Å². The highest BCUT2D eigenvalue weighted by Crippen LogP contribution is 2.23. The van der Waals surface area contributed by atoms with Gasteiger partial charge in [0.1, 0.15) is 6.29 Å². The number of hydrogen-bond donors (Lipinski definition) is 0. The summed E-state index contributed by atoms with van der Waals surface area (Å²) in [6.07, 6.45) is 2.01. The second kappa shape index (κ2) is 6.59. The predicted molar refractivity (Wildman–Crippen MR) is 84.6 cm³/mol. The summed E-state index contributed by atoms with van der Waals surface area (Å²) in [6.45, 7) is 9.00. The van der Waals surface area contributed by atoms with Crippen molar-refractivity contribution in [2.24, 2.45) is 5.41 Å².